The van der Waals surface area contributed by atoms with Gasteiger partial charge in [0.25, 0.3) is 0 Å². The molecule has 0 amide bonds. The summed E-state index contributed by atoms with van der Waals surface area (Å²) >= 11 is 0. The molecule has 1 atom stereocenters. The monoisotopic (exact) mass is 183 g/mol. The van der Waals surface area contributed by atoms with Gasteiger partial charge < -0.3 is 5.73 Å². The van der Waals surface area contributed by atoms with Crippen LogP contribution in [0.25, 0.3) is 0 Å². The molecule has 1 aliphatic carbocycles. The number of aryl methyl sites for hydroxylation is 1. The fraction of sp³-hybridized carbons (Fsp3) is 0.400. The van der Waals surface area contributed by atoms with Gasteiger partial charge in [-0.2, -0.15) is 0 Å². The predicted octanol–water partition coefficient (Wildman–Crippen LogP) is 2.30. The molecule has 0 aliphatic heterocycles. The number of hydrogen-bond acceptors (Lipinski definition) is 1. The zero-order valence-electron chi connectivity index (χ0n) is 7.19. The predicted molar refractivity (Wildman–Crippen MR) is 46.2 cm³/mol. The van der Waals surface area contributed by atoms with E-state index in [0.717, 1.165) is 24.8 Å². The highest BCUT2D eigenvalue weighted by Crippen LogP contribution is 2.30. The van der Waals surface area contributed by atoms with Gasteiger partial charge in [0.2, 0.25) is 0 Å². The summed E-state index contributed by atoms with van der Waals surface area (Å²) in [5.74, 6) is -1.55. The van der Waals surface area contributed by atoms with Crippen molar-refractivity contribution in [3.63, 3.8) is 0 Å². The zero-order valence-corrected chi connectivity index (χ0v) is 7.19. The molecule has 0 unspecified atom stereocenters. The van der Waals surface area contributed by atoms with Crippen molar-refractivity contribution in [2.24, 2.45) is 5.73 Å². The van der Waals surface area contributed by atoms with Gasteiger partial charge in [0.05, 0.1) is 0 Å². The van der Waals surface area contributed by atoms with Crippen molar-refractivity contribution in [2.75, 3.05) is 0 Å². The summed E-state index contributed by atoms with van der Waals surface area (Å²) < 4.78 is 26.1. The van der Waals surface area contributed by atoms with E-state index in [0.29, 0.717) is 5.56 Å². The summed E-state index contributed by atoms with van der Waals surface area (Å²) in [5.41, 5.74) is 6.95. The van der Waals surface area contributed by atoms with Gasteiger partial charge in [-0.15, -0.1) is 0 Å². The molecule has 13 heavy (non-hydrogen) atoms. The Hall–Kier alpha value is -0.960. The third-order valence-electron chi connectivity index (χ3n) is 2.55. The minimum atomic E-state index is -0.795. The minimum absolute atomic E-state index is 0.334. The molecule has 0 aromatic heterocycles. The highest BCUT2D eigenvalue weighted by molar-refractivity contribution is 5.34. The van der Waals surface area contributed by atoms with E-state index < -0.39 is 11.6 Å². The normalized spacial score (nSPS) is 21.3. The van der Waals surface area contributed by atoms with Gasteiger partial charge >= 0.3 is 0 Å². The van der Waals surface area contributed by atoms with E-state index in [4.69, 9.17) is 5.73 Å². The van der Waals surface area contributed by atoms with Gasteiger partial charge in [0, 0.05) is 11.6 Å². The van der Waals surface area contributed by atoms with Crippen molar-refractivity contribution in [1.29, 1.82) is 0 Å². The number of rotatable bonds is 0. The van der Waals surface area contributed by atoms with Gasteiger partial charge in [-0.3, -0.25) is 0 Å². The Morgan fingerprint density at radius 2 is 2.08 bits per heavy atom. The Balaban J connectivity index is 2.58. The fourth-order valence-corrected chi connectivity index (χ4v) is 1.88. The molecular weight excluding hydrogens is 172 g/mol. The van der Waals surface area contributed by atoms with Crippen LogP contribution < -0.4 is 5.73 Å². The van der Waals surface area contributed by atoms with Crippen molar-refractivity contribution >= 4 is 0 Å². The Morgan fingerprint density at radius 3 is 2.85 bits per heavy atom. The maximum Gasteiger partial charge on any atom is 0.163 e. The average Bonchev–Trinajstić information content (AvgIpc) is 2.12. The molecule has 2 N–H and O–H groups in total. The quantitative estimate of drug-likeness (QED) is 0.656. The lowest BCUT2D eigenvalue weighted by Crippen LogP contribution is -2.19. The smallest absolute Gasteiger partial charge is 0.163 e. The molecule has 3 heteroatoms. The molecule has 1 aliphatic rings. The van der Waals surface area contributed by atoms with Crippen molar-refractivity contribution in [1.82, 2.24) is 0 Å². The van der Waals surface area contributed by atoms with Gasteiger partial charge in [-0.05, 0) is 30.9 Å². The second-order valence-corrected chi connectivity index (χ2v) is 3.43. The van der Waals surface area contributed by atoms with E-state index in [-0.39, 0.29) is 6.04 Å². The molecule has 0 bridgehead atoms. The molecule has 0 fully saturated rings. The lowest BCUT2D eigenvalue weighted by Gasteiger charge is -2.22. The van der Waals surface area contributed by atoms with E-state index in [1.807, 2.05) is 0 Å². The Kier molecular flexibility index (Phi) is 2.04. The van der Waals surface area contributed by atoms with Crippen LogP contribution in [0.5, 0.6) is 0 Å². The van der Waals surface area contributed by atoms with Gasteiger partial charge in [-0.25, -0.2) is 8.78 Å². The van der Waals surface area contributed by atoms with Gasteiger partial charge in [0.1, 0.15) is 0 Å². The highest BCUT2D eigenvalue weighted by atomic mass is 19.2. The third-order valence-corrected chi connectivity index (χ3v) is 2.55. The number of halogens is 2. The third kappa shape index (κ3) is 1.33. The van der Waals surface area contributed by atoms with Gasteiger partial charge in [-0.1, -0.05) is 6.07 Å². The van der Waals surface area contributed by atoms with Crippen LogP contribution in [-0.4, -0.2) is 0 Å². The molecule has 0 spiro atoms. The van der Waals surface area contributed by atoms with E-state index in [2.05, 4.69) is 0 Å². The van der Waals surface area contributed by atoms with Crippen LogP contribution in [0.3, 0.4) is 0 Å². The fourth-order valence-electron chi connectivity index (χ4n) is 1.88. The van der Waals surface area contributed by atoms with Gasteiger partial charge in [0.15, 0.2) is 11.6 Å². The number of fused-ring (bicyclic) bond motifs is 1. The topological polar surface area (TPSA) is 26.0 Å². The first kappa shape index (κ1) is 8.63. The Bertz CT molecular complexity index is 336. The average molecular weight is 183 g/mol. The lowest BCUT2D eigenvalue weighted by atomic mass is 9.88. The van der Waals surface area contributed by atoms with Crippen LogP contribution in [-0.2, 0) is 6.42 Å². The summed E-state index contributed by atoms with van der Waals surface area (Å²) in [7, 11) is 0. The van der Waals surface area contributed by atoms with Crippen molar-refractivity contribution in [2.45, 2.75) is 25.3 Å². The van der Waals surface area contributed by atoms with E-state index >= 15 is 0 Å². The molecule has 0 radical (unpaired) electrons. The van der Waals surface area contributed by atoms with Crippen LogP contribution >= 0.6 is 0 Å². The Labute approximate surface area is 75.6 Å². The maximum absolute atomic E-state index is 13.3. The number of nitrogens with two attached hydrogens (primary N) is 1. The first-order valence-electron chi connectivity index (χ1n) is 4.42. The minimum Gasteiger partial charge on any atom is -0.324 e. The molecule has 1 nitrogen and oxygen atoms in total. The summed E-state index contributed by atoms with van der Waals surface area (Å²) in [5, 5.41) is 0. The summed E-state index contributed by atoms with van der Waals surface area (Å²) in [4.78, 5) is 0. The molecular formula is C10H11F2N. The first-order chi connectivity index (χ1) is 6.20. The summed E-state index contributed by atoms with van der Waals surface area (Å²) in [6.07, 6.45) is 2.51. The molecule has 0 saturated heterocycles. The lowest BCUT2D eigenvalue weighted by molar-refractivity contribution is 0.464. The molecule has 70 valence electrons. The second-order valence-electron chi connectivity index (χ2n) is 3.43. The van der Waals surface area contributed by atoms with Crippen LogP contribution in [0.15, 0.2) is 12.1 Å². The maximum atomic E-state index is 13.3. The zero-order chi connectivity index (χ0) is 9.42. The van der Waals surface area contributed by atoms with Crippen molar-refractivity contribution in [3.8, 4) is 0 Å². The van der Waals surface area contributed by atoms with E-state index in [1.54, 1.807) is 6.07 Å². The van der Waals surface area contributed by atoms with Crippen LogP contribution in [0, 0.1) is 11.6 Å². The first-order valence-corrected chi connectivity index (χ1v) is 4.42. The Morgan fingerprint density at radius 1 is 1.31 bits per heavy atom. The van der Waals surface area contributed by atoms with Crippen LogP contribution in [0.2, 0.25) is 0 Å². The van der Waals surface area contributed by atoms with Crippen LogP contribution in [0.1, 0.15) is 30.0 Å². The van der Waals surface area contributed by atoms with Crippen molar-refractivity contribution in [3.05, 3.63) is 34.9 Å². The number of hydrogen-bond donors (Lipinski definition) is 1. The van der Waals surface area contributed by atoms with Crippen LogP contribution in [0.4, 0.5) is 8.78 Å². The van der Waals surface area contributed by atoms with E-state index in [1.165, 1.54) is 6.07 Å². The molecule has 1 aromatic rings. The number of benzene rings is 1. The summed E-state index contributed by atoms with van der Waals surface area (Å²) in [6.45, 7) is 0. The SMILES string of the molecule is N[C@@H]1CCCc2ccc(F)c(F)c21. The molecule has 0 saturated carbocycles. The molecule has 1 aromatic carbocycles. The second kappa shape index (κ2) is 3.07. The standard InChI is InChI=1S/C10H11F2N/c11-7-5-4-6-2-1-3-8(13)9(6)10(7)12/h4-5,8H,1-3,13H2/t8-/m1/s1. The summed E-state index contributed by atoms with van der Waals surface area (Å²) in [6, 6.07) is 2.47. The molecule has 2 rings (SSSR count). The van der Waals surface area contributed by atoms with E-state index in [9.17, 15) is 8.78 Å². The largest absolute Gasteiger partial charge is 0.324 e. The highest BCUT2D eigenvalue weighted by Gasteiger charge is 2.22. The van der Waals surface area contributed by atoms with Crippen molar-refractivity contribution < 1.29 is 8.78 Å². The molecule has 0 heterocycles.